The van der Waals surface area contributed by atoms with Gasteiger partial charge in [0.15, 0.2) is 12.2 Å². The van der Waals surface area contributed by atoms with Crippen LogP contribution in [0.2, 0.25) is 0 Å². The summed E-state index contributed by atoms with van der Waals surface area (Å²) in [6, 6.07) is 0. The number of phosphoric ester groups is 2. The van der Waals surface area contributed by atoms with Crippen LogP contribution < -0.4 is 0 Å². The van der Waals surface area contributed by atoms with Crippen LogP contribution in [-0.4, -0.2) is 96.7 Å². The van der Waals surface area contributed by atoms with Gasteiger partial charge in [-0.1, -0.05) is 369 Å². The van der Waals surface area contributed by atoms with Crippen LogP contribution in [0.5, 0.6) is 0 Å². The van der Waals surface area contributed by atoms with Gasteiger partial charge in [0.1, 0.15) is 19.3 Å². The lowest BCUT2D eigenvalue weighted by Crippen LogP contribution is -2.30. The lowest BCUT2D eigenvalue weighted by molar-refractivity contribution is -0.161. The number of rotatable bonds is 79. The predicted molar refractivity (Wildman–Crippen MR) is 405 cm³/mol. The zero-order chi connectivity index (χ0) is 72.8. The smallest absolute Gasteiger partial charge is 0.462 e. The van der Waals surface area contributed by atoms with Gasteiger partial charge in [-0.15, -0.1) is 0 Å². The predicted octanol–water partition coefficient (Wildman–Crippen LogP) is 23.9. The molecule has 99 heavy (non-hydrogen) atoms. The number of carbonyl (C=O) groups excluding carboxylic acids is 4. The topological polar surface area (TPSA) is 237 Å². The monoisotopic (exact) mass is 1450 g/mol. The van der Waals surface area contributed by atoms with Crippen LogP contribution in [0.4, 0.5) is 0 Å². The molecule has 0 aliphatic carbocycles. The first-order valence-electron chi connectivity index (χ1n) is 41.5. The van der Waals surface area contributed by atoms with E-state index in [9.17, 15) is 43.2 Å². The normalized spacial score (nSPS) is 13.9. The molecular weight excluding hydrogens is 1290 g/mol. The molecule has 0 heterocycles. The van der Waals surface area contributed by atoms with Gasteiger partial charge in [0.2, 0.25) is 0 Å². The highest BCUT2D eigenvalue weighted by Crippen LogP contribution is 2.45. The zero-order valence-corrected chi connectivity index (χ0v) is 66.6. The summed E-state index contributed by atoms with van der Waals surface area (Å²) in [6.45, 7) is 9.64. The average Bonchev–Trinajstić information content (AvgIpc) is 0.978. The zero-order valence-electron chi connectivity index (χ0n) is 64.8. The first-order chi connectivity index (χ1) is 47.9. The molecule has 0 aromatic heterocycles. The molecule has 17 nitrogen and oxygen atoms in total. The molecule has 3 N–H and O–H groups in total. The van der Waals surface area contributed by atoms with Crippen molar-refractivity contribution in [1.29, 1.82) is 0 Å². The van der Waals surface area contributed by atoms with Crippen molar-refractivity contribution in [3.8, 4) is 0 Å². The van der Waals surface area contributed by atoms with Crippen molar-refractivity contribution in [2.75, 3.05) is 39.6 Å². The molecule has 0 spiro atoms. The maximum atomic E-state index is 13.1. The van der Waals surface area contributed by atoms with Gasteiger partial charge in [-0.05, 0) is 37.5 Å². The summed E-state index contributed by atoms with van der Waals surface area (Å²) in [6.07, 6.45) is 60.9. The quantitative estimate of drug-likeness (QED) is 0.0222. The molecule has 0 radical (unpaired) electrons. The molecule has 0 aliphatic heterocycles. The number of hydrogen-bond acceptors (Lipinski definition) is 15. The van der Waals surface area contributed by atoms with E-state index in [0.717, 1.165) is 102 Å². The Bertz CT molecular complexity index is 1910. The Morgan fingerprint density at radius 2 is 0.465 bits per heavy atom. The highest BCUT2D eigenvalue weighted by Gasteiger charge is 2.30. The molecule has 0 saturated carbocycles. The Balaban J connectivity index is 5.26. The summed E-state index contributed by atoms with van der Waals surface area (Å²) in [4.78, 5) is 73.0. The third-order valence-electron chi connectivity index (χ3n) is 18.7. The van der Waals surface area contributed by atoms with Crippen molar-refractivity contribution in [3.05, 3.63) is 0 Å². The standard InChI is InChI=1S/C80H156O17P2/c1-7-9-11-13-15-17-19-21-22-23-24-25-27-33-40-46-52-58-64-79(84)96-75(69-91-78(83)63-57-51-45-39-34-28-30-36-42-48-54-60-72(3)4)70-94-98(86,87)92-66-74(81)67-93-99(88,89)95-71-76(68-90-77(82)62-56-50-44-38-32-26-20-18-16-14-12-10-8-2)97-80(85)65-59-53-47-41-35-29-31-37-43-49-55-61-73(5)6/h72-76,81H,7-71H2,1-6H3,(H,86,87)(H,88,89)/t74-,75-,76-/m1/s1. The van der Waals surface area contributed by atoms with Crippen LogP contribution in [0.3, 0.4) is 0 Å². The number of hydrogen-bond donors (Lipinski definition) is 3. The number of phosphoric acid groups is 2. The minimum atomic E-state index is -4.96. The minimum Gasteiger partial charge on any atom is -0.462 e. The number of aliphatic hydroxyl groups excluding tert-OH is 1. The molecule has 2 unspecified atom stereocenters. The summed E-state index contributed by atoms with van der Waals surface area (Å²) in [5.74, 6) is -0.571. The molecule has 0 saturated heterocycles. The van der Waals surface area contributed by atoms with E-state index in [1.165, 1.54) is 238 Å². The van der Waals surface area contributed by atoms with Crippen molar-refractivity contribution in [2.24, 2.45) is 11.8 Å². The Hall–Kier alpha value is -1.94. The van der Waals surface area contributed by atoms with Crippen LogP contribution in [0.1, 0.15) is 420 Å². The van der Waals surface area contributed by atoms with E-state index in [1.54, 1.807) is 0 Å². The molecule has 0 aromatic carbocycles. The number of unbranched alkanes of at least 4 members (excludes halogenated alkanes) is 49. The van der Waals surface area contributed by atoms with E-state index in [4.69, 9.17) is 37.0 Å². The van der Waals surface area contributed by atoms with Crippen molar-refractivity contribution in [2.45, 2.75) is 439 Å². The molecule has 0 aromatic rings. The van der Waals surface area contributed by atoms with Gasteiger partial charge in [0, 0.05) is 25.7 Å². The second-order valence-corrected chi connectivity index (χ2v) is 32.7. The molecule has 588 valence electrons. The summed E-state index contributed by atoms with van der Waals surface area (Å²) in [5, 5.41) is 10.6. The number of esters is 4. The van der Waals surface area contributed by atoms with E-state index in [2.05, 4.69) is 41.5 Å². The van der Waals surface area contributed by atoms with Crippen molar-refractivity contribution in [3.63, 3.8) is 0 Å². The third kappa shape index (κ3) is 74.1. The lowest BCUT2D eigenvalue weighted by Gasteiger charge is -2.21. The van der Waals surface area contributed by atoms with Crippen molar-refractivity contribution < 1.29 is 80.2 Å². The van der Waals surface area contributed by atoms with Crippen LogP contribution in [0, 0.1) is 11.8 Å². The summed E-state index contributed by atoms with van der Waals surface area (Å²) in [5.41, 5.74) is 0. The molecule has 0 rings (SSSR count). The van der Waals surface area contributed by atoms with E-state index in [0.29, 0.717) is 25.7 Å². The number of carbonyl (C=O) groups is 4. The van der Waals surface area contributed by atoms with Crippen LogP contribution >= 0.6 is 15.6 Å². The number of aliphatic hydroxyl groups is 1. The average molecular weight is 1450 g/mol. The van der Waals surface area contributed by atoms with Gasteiger partial charge >= 0.3 is 39.5 Å². The van der Waals surface area contributed by atoms with E-state index < -0.39 is 97.5 Å². The van der Waals surface area contributed by atoms with Gasteiger partial charge < -0.3 is 33.8 Å². The molecular formula is C80H156O17P2. The fourth-order valence-corrected chi connectivity index (χ4v) is 13.9. The maximum absolute atomic E-state index is 13.1. The highest BCUT2D eigenvalue weighted by molar-refractivity contribution is 7.47. The Kier molecular flexibility index (Phi) is 70.3. The Morgan fingerprint density at radius 1 is 0.273 bits per heavy atom. The summed E-state index contributed by atoms with van der Waals surface area (Å²) < 4.78 is 68.7. The fourth-order valence-electron chi connectivity index (χ4n) is 12.4. The fraction of sp³-hybridized carbons (Fsp3) is 0.950. The second kappa shape index (κ2) is 71.7. The first kappa shape index (κ1) is 97.1. The van der Waals surface area contributed by atoms with E-state index >= 15 is 0 Å². The molecule has 0 fully saturated rings. The van der Waals surface area contributed by atoms with Crippen LogP contribution in [-0.2, 0) is 65.4 Å². The lowest BCUT2D eigenvalue weighted by atomic mass is 10.0. The molecule has 19 heteroatoms. The van der Waals surface area contributed by atoms with Gasteiger partial charge in [-0.25, -0.2) is 9.13 Å². The van der Waals surface area contributed by atoms with Crippen molar-refractivity contribution in [1.82, 2.24) is 0 Å². The third-order valence-corrected chi connectivity index (χ3v) is 20.6. The largest absolute Gasteiger partial charge is 0.472 e. The Morgan fingerprint density at radius 3 is 0.687 bits per heavy atom. The Labute approximate surface area is 607 Å². The molecule has 0 aliphatic rings. The van der Waals surface area contributed by atoms with Gasteiger partial charge in [0.05, 0.1) is 26.4 Å². The second-order valence-electron chi connectivity index (χ2n) is 29.8. The van der Waals surface area contributed by atoms with Gasteiger partial charge in [0.25, 0.3) is 0 Å². The minimum absolute atomic E-state index is 0.107. The molecule has 5 atom stereocenters. The number of ether oxygens (including phenoxy) is 4. The maximum Gasteiger partial charge on any atom is 0.472 e. The van der Waals surface area contributed by atoms with Gasteiger partial charge in [-0.2, -0.15) is 0 Å². The van der Waals surface area contributed by atoms with E-state index in [-0.39, 0.29) is 25.7 Å². The molecule has 0 amide bonds. The summed E-state index contributed by atoms with van der Waals surface area (Å²) >= 11 is 0. The SMILES string of the molecule is CCCCCCCCCCCCCCCCCCCCC(=O)O[C@H](COC(=O)CCCCCCCCCCCCCC(C)C)COP(=O)(O)OC[C@@H](O)COP(=O)(O)OC[C@@H](COC(=O)CCCCCCCCCCCCCCC)OC(=O)CCCCCCCCCCCCCC(C)C. The van der Waals surface area contributed by atoms with E-state index in [1.807, 2.05) is 0 Å². The van der Waals surface area contributed by atoms with Crippen molar-refractivity contribution >= 4 is 39.5 Å². The molecule has 0 bridgehead atoms. The first-order valence-corrected chi connectivity index (χ1v) is 44.5. The van der Waals surface area contributed by atoms with Crippen LogP contribution in [0.15, 0.2) is 0 Å². The summed E-state index contributed by atoms with van der Waals surface area (Å²) in [7, 11) is -9.92. The van der Waals surface area contributed by atoms with Crippen LogP contribution in [0.25, 0.3) is 0 Å². The van der Waals surface area contributed by atoms with Gasteiger partial charge in [-0.3, -0.25) is 37.3 Å². The highest BCUT2D eigenvalue weighted by atomic mass is 31.2.